The summed E-state index contributed by atoms with van der Waals surface area (Å²) in [5.74, 6) is 3.61. The van der Waals surface area contributed by atoms with Crippen LogP contribution < -0.4 is 0 Å². The molecule has 0 aromatic heterocycles. The summed E-state index contributed by atoms with van der Waals surface area (Å²) in [6.45, 7) is 4.43. The lowest BCUT2D eigenvalue weighted by Gasteiger charge is -1.95. The van der Waals surface area contributed by atoms with Gasteiger partial charge in [0.25, 0.3) is 0 Å². The maximum absolute atomic E-state index is 2.29. The Balaban J connectivity index is 2.60. The fraction of sp³-hybridized carbons (Fsp3) is 0.875. The third kappa shape index (κ3) is 8.35. The highest BCUT2D eigenvalue weighted by molar-refractivity contribution is 8.01. The van der Waals surface area contributed by atoms with Crippen LogP contribution in [0.15, 0.2) is 0 Å². The van der Waals surface area contributed by atoms with E-state index in [0.717, 1.165) is 0 Å². The first-order chi connectivity index (χ1) is 4.41. The Hall–Kier alpha value is 0.350. The molecule has 55 valence electrons. The van der Waals surface area contributed by atoms with Gasteiger partial charge < -0.3 is 0 Å². The molecule has 0 saturated heterocycles. The Kier molecular flexibility index (Phi) is 8.67. The molecule has 1 radical (unpaired) electrons. The molecule has 0 nitrogen and oxygen atoms in total. The van der Waals surface area contributed by atoms with Gasteiger partial charge in [-0.3, -0.25) is 0 Å². The summed E-state index contributed by atoms with van der Waals surface area (Å²) >= 11 is 1.97. The smallest absolute Gasteiger partial charge is 0.0163 e. The summed E-state index contributed by atoms with van der Waals surface area (Å²) in [5, 5.41) is 0. The molecule has 0 bridgehead atoms. The lowest BCUT2D eigenvalue weighted by Crippen LogP contribution is -1.77. The number of thioether (sulfide) groups is 1. The second-order valence-corrected chi connectivity index (χ2v) is 3.23. The second-order valence-electron chi connectivity index (χ2n) is 2.15. The van der Waals surface area contributed by atoms with Crippen LogP contribution in [-0.4, -0.2) is 5.75 Å². The van der Waals surface area contributed by atoms with Crippen LogP contribution in [0.25, 0.3) is 0 Å². The average Bonchev–Trinajstić information content (AvgIpc) is 1.89. The van der Waals surface area contributed by atoms with Gasteiger partial charge in [0.1, 0.15) is 0 Å². The molecule has 0 N–H and O–H groups in total. The number of rotatable bonds is 6. The van der Waals surface area contributed by atoms with Crippen molar-refractivity contribution < 1.29 is 0 Å². The van der Waals surface area contributed by atoms with Crippen LogP contribution >= 0.6 is 11.8 Å². The van der Waals surface area contributed by atoms with Gasteiger partial charge in [-0.1, -0.05) is 26.7 Å². The molecule has 9 heavy (non-hydrogen) atoms. The van der Waals surface area contributed by atoms with Crippen molar-refractivity contribution in [1.29, 1.82) is 0 Å². The van der Waals surface area contributed by atoms with Gasteiger partial charge in [0.15, 0.2) is 0 Å². The van der Waals surface area contributed by atoms with E-state index < -0.39 is 0 Å². The molecule has 0 aliphatic carbocycles. The zero-order valence-corrected chi connectivity index (χ0v) is 7.34. The van der Waals surface area contributed by atoms with E-state index in [4.69, 9.17) is 0 Å². The predicted octanol–water partition coefficient (Wildman–Crippen LogP) is 3.48. The molecule has 0 heterocycles. The van der Waals surface area contributed by atoms with E-state index in [0.29, 0.717) is 0 Å². The monoisotopic (exact) mass is 145 g/mol. The summed E-state index contributed by atoms with van der Waals surface area (Å²) in [4.78, 5) is 0. The van der Waals surface area contributed by atoms with Crippen LogP contribution in [0.2, 0.25) is 0 Å². The topological polar surface area (TPSA) is 0 Å². The van der Waals surface area contributed by atoms with Crippen LogP contribution in [0.4, 0.5) is 0 Å². The fourth-order valence-corrected chi connectivity index (χ4v) is 1.41. The first-order valence-corrected chi connectivity index (χ1v) is 4.90. The fourth-order valence-electron chi connectivity index (χ4n) is 0.637. The first kappa shape index (κ1) is 9.35. The summed E-state index contributed by atoms with van der Waals surface area (Å²) in [6.07, 6.45) is 5.33. The van der Waals surface area contributed by atoms with Crippen molar-refractivity contribution in [3.63, 3.8) is 0 Å². The van der Waals surface area contributed by atoms with Crippen molar-refractivity contribution in [2.75, 3.05) is 5.75 Å². The molecule has 0 spiro atoms. The normalized spacial score (nSPS) is 10.0. The van der Waals surface area contributed by atoms with Gasteiger partial charge in [0, 0.05) is 5.75 Å². The van der Waals surface area contributed by atoms with Gasteiger partial charge >= 0.3 is 0 Å². The lowest BCUT2D eigenvalue weighted by atomic mass is 10.3. The molecule has 0 rings (SSSR count). The van der Waals surface area contributed by atoms with Gasteiger partial charge in [-0.05, 0) is 18.6 Å². The van der Waals surface area contributed by atoms with E-state index >= 15 is 0 Å². The molecule has 0 aliphatic rings. The van der Waals surface area contributed by atoms with Crippen LogP contribution in [0.1, 0.15) is 39.5 Å². The van der Waals surface area contributed by atoms with Crippen LogP contribution in [0.3, 0.4) is 0 Å². The van der Waals surface area contributed by atoms with Crippen molar-refractivity contribution in [3.05, 3.63) is 5.75 Å². The zero-order valence-electron chi connectivity index (χ0n) is 6.52. The predicted molar refractivity (Wildman–Crippen MR) is 46.6 cm³/mol. The highest BCUT2D eigenvalue weighted by Crippen LogP contribution is 2.10. The van der Waals surface area contributed by atoms with Crippen molar-refractivity contribution in [3.8, 4) is 0 Å². The molecule has 0 aromatic carbocycles. The van der Waals surface area contributed by atoms with Gasteiger partial charge in [-0.15, -0.1) is 0 Å². The quantitative estimate of drug-likeness (QED) is 0.516. The average molecular weight is 145 g/mol. The molecule has 0 amide bonds. The van der Waals surface area contributed by atoms with E-state index in [-0.39, 0.29) is 0 Å². The second kappa shape index (κ2) is 8.35. The summed E-state index contributed by atoms with van der Waals surface area (Å²) < 4.78 is 0. The van der Waals surface area contributed by atoms with Gasteiger partial charge in [0.2, 0.25) is 0 Å². The molecule has 0 fully saturated rings. The number of unbranched alkanes of at least 4 members (excludes halogenated alkanes) is 2. The molecule has 0 aliphatic heterocycles. The number of hydrogen-bond acceptors (Lipinski definition) is 1. The molecular formula is C8H17S. The van der Waals surface area contributed by atoms with E-state index in [1.54, 1.807) is 0 Å². The zero-order chi connectivity index (χ0) is 6.95. The van der Waals surface area contributed by atoms with E-state index in [1.807, 2.05) is 11.8 Å². The van der Waals surface area contributed by atoms with Crippen molar-refractivity contribution >= 4 is 11.8 Å². The van der Waals surface area contributed by atoms with Crippen molar-refractivity contribution in [2.45, 2.75) is 39.5 Å². The first-order valence-electron chi connectivity index (χ1n) is 3.85. The standard InChI is InChI=1S/C8H17S/c1-3-5-6-8-9-7-4-2/h7H,3-6,8H2,1-2H3. The highest BCUT2D eigenvalue weighted by Gasteiger charge is 1.86. The molecule has 1 heteroatoms. The molecular weight excluding hydrogens is 128 g/mol. The Bertz CT molecular complexity index is 37.8. The minimum Gasteiger partial charge on any atom is -0.157 e. The Morgan fingerprint density at radius 3 is 2.56 bits per heavy atom. The largest absolute Gasteiger partial charge is 0.157 e. The molecule has 0 unspecified atom stereocenters. The van der Waals surface area contributed by atoms with Gasteiger partial charge in [-0.25, -0.2) is 0 Å². The summed E-state index contributed by atoms with van der Waals surface area (Å²) in [7, 11) is 0. The SMILES string of the molecule is CC[CH]SCCCCC. The lowest BCUT2D eigenvalue weighted by molar-refractivity contribution is 0.779. The summed E-state index contributed by atoms with van der Waals surface area (Å²) in [5.41, 5.74) is 0. The van der Waals surface area contributed by atoms with E-state index in [2.05, 4.69) is 19.6 Å². The Labute approximate surface area is 63.4 Å². The molecule has 0 aromatic rings. The van der Waals surface area contributed by atoms with Crippen LogP contribution in [0, 0.1) is 5.75 Å². The summed E-state index contributed by atoms with van der Waals surface area (Å²) in [6, 6.07) is 0. The highest BCUT2D eigenvalue weighted by atomic mass is 32.2. The van der Waals surface area contributed by atoms with Gasteiger partial charge in [-0.2, -0.15) is 11.8 Å². The minimum absolute atomic E-state index is 1.21. The molecule has 0 saturated carbocycles. The van der Waals surface area contributed by atoms with Crippen molar-refractivity contribution in [1.82, 2.24) is 0 Å². The van der Waals surface area contributed by atoms with E-state index in [9.17, 15) is 0 Å². The Morgan fingerprint density at radius 1 is 1.22 bits per heavy atom. The third-order valence-corrected chi connectivity index (χ3v) is 2.24. The van der Waals surface area contributed by atoms with E-state index in [1.165, 1.54) is 31.4 Å². The van der Waals surface area contributed by atoms with Crippen LogP contribution in [-0.2, 0) is 0 Å². The Morgan fingerprint density at radius 2 is 2.00 bits per heavy atom. The molecule has 0 atom stereocenters. The third-order valence-electron chi connectivity index (χ3n) is 1.15. The van der Waals surface area contributed by atoms with Crippen LogP contribution in [0.5, 0.6) is 0 Å². The van der Waals surface area contributed by atoms with Gasteiger partial charge in [0.05, 0.1) is 0 Å². The maximum Gasteiger partial charge on any atom is 0.0163 e. The minimum atomic E-state index is 1.21. The van der Waals surface area contributed by atoms with Crippen molar-refractivity contribution in [2.24, 2.45) is 0 Å². The number of hydrogen-bond donors (Lipinski definition) is 0. The maximum atomic E-state index is 2.29.